The molecule has 0 radical (unpaired) electrons. The second-order valence-electron chi connectivity index (χ2n) is 7.87. The van der Waals surface area contributed by atoms with Gasteiger partial charge in [-0.2, -0.15) is 0 Å². The summed E-state index contributed by atoms with van der Waals surface area (Å²) in [5.41, 5.74) is 1.27. The van der Waals surface area contributed by atoms with E-state index in [1.54, 1.807) is 18.3 Å². The Hall–Kier alpha value is -3.66. The van der Waals surface area contributed by atoms with Gasteiger partial charge in [0.15, 0.2) is 0 Å². The van der Waals surface area contributed by atoms with E-state index in [1.807, 2.05) is 30.3 Å². The average molecular weight is 416 g/mol. The number of hydrogen-bond donors (Lipinski definition) is 2. The van der Waals surface area contributed by atoms with Crippen molar-refractivity contribution in [2.24, 2.45) is 0 Å². The largest absolute Gasteiger partial charge is 0.326 e. The zero-order valence-electron chi connectivity index (χ0n) is 17.2. The molecule has 2 fully saturated rings. The number of aromatic nitrogens is 1. The molecule has 1 aromatic carbocycles. The van der Waals surface area contributed by atoms with Gasteiger partial charge in [-0.1, -0.05) is 37.3 Å². The highest BCUT2D eigenvalue weighted by Crippen LogP contribution is 2.33. The Kier molecular flexibility index (Phi) is 5.99. The molecule has 2 N–H and O–H groups in total. The quantitative estimate of drug-likeness (QED) is 0.592. The molecular formula is C24H24N4O3. The minimum atomic E-state index is -0.758. The van der Waals surface area contributed by atoms with E-state index in [2.05, 4.69) is 27.5 Å². The van der Waals surface area contributed by atoms with E-state index in [9.17, 15) is 14.4 Å². The number of carbonyl (C=O) groups is 3. The SMILES string of the molecule is O=C(CCN1C(=O)NC2(CCCCC2)C1=O)Nc1cccc(C#Cc2ccccn2)c1. The molecule has 2 heterocycles. The Labute approximate surface area is 181 Å². The van der Waals surface area contributed by atoms with Crippen LogP contribution in [-0.4, -0.2) is 39.8 Å². The van der Waals surface area contributed by atoms with Crippen molar-refractivity contribution in [3.05, 3.63) is 59.9 Å². The molecule has 0 atom stereocenters. The average Bonchev–Trinajstić information content (AvgIpc) is 3.01. The number of hydrogen-bond acceptors (Lipinski definition) is 4. The van der Waals surface area contributed by atoms with E-state index in [1.165, 1.54) is 4.90 Å². The van der Waals surface area contributed by atoms with Gasteiger partial charge in [0.05, 0.1) is 0 Å². The van der Waals surface area contributed by atoms with Crippen LogP contribution >= 0.6 is 0 Å². The second-order valence-corrected chi connectivity index (χ2v) is 7.87. The Bertz CT molecular complexity index is 1050. The third kappa shape index (κ3) is 4.75. The van der Waals surface area contributed by atoms with Crippen LogP contribution in [0.2, 0.25) is 0 Å². The molecule has 1 aromatic heterocycles. The van der Waals surface area contributed by atoms with Gasteiger partial charge in [0, 0.05) is 30.4 Å². The first-order valence-corrected chi connectivity index (χ1v) is 10.5. The predicted molar refractivity (Wildman–Crippen MR) is 116 cm³/mol. The van der Waals surface area contributed by atoms with Gasteiger partial charge in [0.2, 0.25) is 5.91 Å². The Morgan fingerprint density at radius 1 is 1.10 bits per heavy atom. The van der Waals surface area contributed by atoms with E-state index in [4.69, 9.17) is 0 Å². The summed E-state index contributed by atoms with van der Waals surface area (Å²) in [7, 11) is 0. The minimum Gasteiger partial charge on any atom is -0.326 e. The molecule has 7 nitrogen and oxygen atoms in total. The number of urea groups is 1. The molecule has 1 saturated heterocycles. The topological polar surface area (TPSA) is 91.4 Å². The maximum absolute atomic E-state index is 12.8. The fourth-order valence-corrected chi connectivity index (χ4v) is 4.06. The second kappa shape index (κ2) is 9.00. The molecule has 31 heavy (non-hydrogen) atoms. The first-order valence-electron chi connectivity index (χ1n) is 10.5. The molecule has 0 unspecified atom stereocenters. The number of imide groups is 1. The van der Waals surface area contributed by atoms with E-state index >= 15 is 0 Å². The highest BCUT2D eigenvalue weighted by atomic mass is 16.2. The smallest absolute Gasteiger partial charge is 0.325 e. The molecule has 1 aliphatic carbocycles. The van der Waals surface area contributed by atoms with Gasteiger partial charge in [0.25, 0.3) is 5.91 Å². The number of nitrogens with one attached hydrogen (secondary N) is 2. The summed E-state index contributed by atoms with van der Waals surface area (Å²) in [5.74, 6) is 5.54. The molecule has 1 saturated carbocycles. The summed E-state index contributed by atoms with van der Waals surface area (Å²) >= 11 is 0. The number of pyridine rings is 1. The predicted octanol–water partition coefficient (Wildman–Crippen LogP) is 3.06. The standard InChI is InChI=1S/C24H24N4O3/c29-21(12-16-28-22(30)24(27-23(28)31)13-3-1-4-14-24)26-20-9-6-7-18(17-20)10-11-19-8-2-5-15-25-19/h2,5-9,15,17H,1,3-4,12-14,16H2,(H,26,29)(H,27,31). The molecule has 7 heteroatoms. The van der Waals surface area contributed by atoms with Crippen molar-refractivity contribution in [2.75, 3.05) is 11.9 Å². The van der Waals surface area contributed by atoms with Crippen LogP contribution in [0.5, 0.6) is 0 Å². The van der Waals surface area contributed by atoms with Crippen molar-refractivity contribution in [2.45, 2.75) is 44.1 Å². The molecule has 1 aliphatic heterocycles. The Morgan fingerprint density at radius 3 is 2.71 bits per heavy atom. The maximum atomic E-state index is 12.8. The number of carbonyl (C=O) groups excluding carboxylic acids is 3. The lowest BCUT2D eigenvalue weighted by Crippen LogP contribution is -2.48. The van der Waals surface area contributed by atoms with Crippen molar-refractivity contribution in [3.8, 4) is 11.8 Å². The lowest BCUT2D eigenvalue weighted by Gasteiger charge is -2.30. The Balaban J connectivity index is 1.34. The van der Waals surface area contributed by atoms with Crippen LogP contribution in [0.15, 0.2) is 48.7 Å². The van der Waals surface area contributed by atoms with Crippen molar-refractivity contribution in [1.82, 2.24) is 15.2 Å². The summed E-state index contributed by atoms with van der Waals surface area (Å²) in [6.45, 7) is 0.0669. The number of nitrogens with zero attached hydrogens (tertiary/aromatic N) is 2. The number of benzene rings is 1. The highest BCUT2D eigenvalue weighted by Gasteiger charge is 2.51. The van der Waals surface area contributed by atoms with Gasteiger partial charge < -0.3 is 10.6 Å². The number of amides is 4. The maximum Gasteiger partial charge on any atom is 0.325 e. The monoisotopic (exact) mass is 416 g/mol. The Morgan fingerprint density at radius 2 is 1.94 bits per heavy atom. The van der Waals surface area contributed by atoms with Crippen molar-refractivity contribution < 1.29 is 14.4 Å². The van der Waals surface area contributed by atoms with Gasteiger partial charge in [-0.15, -0.1) is 0 Å². The van der Waals surface area contributed by atoms with Gasteiger partial charge in [-0.3, -0.25) is 14.5 Å². The molecule has 158 valence electrons. The van der Waals surface area contributed by atoms with Crippen LogP contribution < -0.4 is 10.6 Å². The van der Waals surface area contributed by atoms with Crippen LogP contribution in [0.4, 0.5) is 10.5 Å². The molecule has 2 aliphatic rings. The molecule has 2 aromatic rings. The zero-order chi connectivity index (χ0) is 21.7. The van der Waals surface area contributed by atoms with E-state index in [0.29, 0.717) is 24.2 Å². The molecule has 0 bridgehead atoms. The fourth-order valence-electron chi connectivity index (χ4n) is 4.06. The third-order valence-corrected chi connectivity index (χ3v) is 5.66. The first kappa shape index (κ1) is 20.6. The summed E-state index contributed by atoms with van der Waals surface area (Å²) < 4.78 is 0. The first-order chi connectivity index (χ1) is 15.1. The van der Waals surface area contributed by atoms with E-state index in [0.717, 1.165) is 24.8 Å². The lowest BCUT2D eigenvalue weighted by molar-refractivity contribution is -0.132. The third-order valence-electron chi connectivity index (χ3n) is 5.66. The van der Waals surface area contributed by atoms with Gasteiger partial charge >= 0.3 is 6.03 Å². The van der Waals surface area contributed by atoms with E-state index < -0.39 is 11.6 Å². The summed E-state index contributed by atoms with van der Waals surface area (Å²) in [5, 5.41) is 5.68. The van der Waals surface area contributed by atoms with Gasteiger partial charge in [0.1, 0.15) is 11.2 Å². The van der Waals surface area contributed by atoms with Crippen LogP contribution in [0.1, 0.15) is 49.8 Å². The molecule has 1 spiro atoms. The minimum absolute atomic E-state index is 0.0408. The molecular weight excluding hydrogens is 392 g/mol. The highest BCUT2D eigenvalue weighted by molar-refractivity contribution is 6.07. The summed E-state index contributed by atoms with van der Waals surface area (Å²) in [6.07, 6.45) is 6.01. The van der Waals surface area contributed by atoms with Crippen LogP contribution in [-0.2, 0) is 9.59 Å². The summed E-state index contributed by atoms with van der Waals surface area (Å²) in [4.78, 5) is 42.8. The van der Waals surface area contributed by atoms with Crippen LogP contribution in [0.3, 0.4) is 0 Å². The number of rotatable bonds is 4. The molecule has 4 amide bonds. The van der Waals surface area contributed by atoms with Gasteiger partial charge in [-0.05, 0) is 49.1 Å². The fraction of sp³-hybridized carbons (Fsp3) is 0.333. The van der Waals surface area contributed by atoms with Crippen LogP contribution in [0, 0.1) is 11.8 Å². The van der Waals surface area contributed by atoms with Crippen molar-refractivity contribution in [3.63, 3.8) is 0 Å². The van der Waals surface area contributed by atoms with Crippen LogP contribution in [0.25, 0.3) is 0 Å². The van der Waals surface area contributed by atoms with Crippen molar-refractivity contribution >= 4 is 23.5 Å². The lowest BCUT2D eigenvalue weighted by atomic mass is 9.82. The zero-order valence-corrected chi connectivity index (χ0v) is 17.2. The normalized spacial score (nSPS) is 17.1. The summed E-state index contributed by atoms with van der Waals surface area (Å²) in [6, 6.07) is 12.3. The van der Waals surface area contributed by atoms with Crippen molar-refractivity contribution in [1.29, 1.82) is 0 Å². The van der Waals surface area contributed by atoms with E-state index in [-0.39, 0.29) is 24.8 Å². The van der Waals surface area contributed by atoms with Gasteiger partial charge in [-0.25, -0.2) is 9.78 Å². The number of anilines is 1. The molecule has 4 rings (SSSR count).